The summed E-state index contributed by atoms with van der Waals surface area (Å²) in [7, 11) is 0. The molecule has 2 heterocycles. The molecular weight excluding hydrogens is 347 g/mol. The number of benzene rings is 2. The van der Waals surface area contributed by atoms with Crippen LogP contribution in [0.1, 0.15) is 0 Å². The monoisotopic (exact) mass is 360 g/mol. The van der Waals surface area contributed by atoms with Crippen LogP contribution in [0.5, 0.6) is 0 Å². The third-order valence-corrected chi connectivity index (χ3v) is 4.12. The number of H-pyrrole nitrogens is 1. The fourth-order valence-electron chi connectivity index (χ4n) is 2.82. The zero-order valence-corrected chi connectivity index (χ0v) is 14.0. The lowest BCUT2D eigenvalue weighted by Crippen LogP contribution is -1.89. The van der Waals surface area contributed by atoms with E-state index in [-0.39, 0.29) is 11.5 Å². The molecule has 0 aliphatic heterocycles. The van der Waals surface area contributed by atoms with E-state index in [2.05, 4.69) is 15.0 Å². The topological polar surface area (TPSA) is 84.7 Å². The summed E-state index contributed by atoms with van der Waals surface area (Å²) in [4.78, 5) is 22.5. The fraction of sp³-hybridized carbons (Fsp3) is 0. The van der Waals surface area contributed by atoms with Crippen LogP contribution in [0.2, 0.25) is 0 Å². The standard InChI is InChI=1S/C20H13FN4O2/c21-16-6-4-13(5-7-16)18-19(14-8-10-22-11-9-14)24-20(23-18)15-2-1-3-17(12-15)25(26)27/h1-12H,(H,23,24). The third kappa shape index (κ3) is 3.30. The van der Waals surface area contributed by atoms with Gasteiger partial charge in [-0.2, -0.15) is 0 Å². The Morgan fingerprint density at radius 2 is 1.67 bits per heavy atom. The number of nitrogens with one attached hydrogen (secondary N) is 1. The van der Waals surface area contributed by atoms with Gasteiger partial charge >= 0.3 is 0 Å². The van der Waals surface area contributed by atoms with Gasteiger partial charge in [-0.15, -0.1) is 0 Å². The SMILES string of the molecule is O=[N+]([O-])c1cccc(-c2nc(-c3ccc(F)cc3)c(-c3ccncc3)[nH]2)c1. The molecule has 0 unspecified atom stereocenters. The fourth-order valence-corrected chi connectivity index (χ4v) is 2.82. The number of pyridine rings is 1. The van der Waals surface area contributed by atoms with Crippen LogP contribution in [0.3, 0.4) is 0 Å². The normalized spacial score (nSPS) is 10.7. The summed E-state index contributed by atoms with van der Waals surface area (Å²) in [5.74, 6) is 0.156. The molecule has 2 aromatic carbocycles. The van der Waals surface area contributed by atoms with Gasteiger partial charge in [-0.05, 0) is 36.4 Å². The summed E-state index contributed by atoms with van der Waals surface area (Å²) in [6, 6.07) is 15.9. The van der Waals surface area contributed by atoms with Gasteiger partial charge in [-0.25, -0.2) is 9.37 Å². The summed E-state index contributed by atoms with van der Waals surface area (Å²) in [6.45, 7) is 0. The average molecular weight is 360 g/mol. The second kappa shape index (κ2) is 6.80. The molecule has 132 valence electrons. The maximum absolute atomic E-state index is 13.3. The zero-order valence-electron chi connectivity index (χ0n) is 14.0. The number of nitro groups is 1. The van der Waals surface area contributed by atoms with Gasteiger partial charge in [0.2, 0.25) is 0 Å². The number of hydrogen-bond acceptors (Lipinski definition) is 4. The number of hydrogen-bond donors (Lipinski definition) is 1. The van der Waals surface area contributed by atoms with Crippen molar-refractivity contribution in [1.29, 1.82) is 0 Å². The molecule has 0 radical (unpaired) electrons. The minimum atomic E-state index is -0.447. The molecule has 1 N–H and O–H groups in total. The summed E-state index contributed by atoms with van der Waals surface area (Å²) in [5.41, 5.74) is 3.52. The van der Waals surface area contributed by atoms with Crippen LogP contribution >= 0.6 is 0 Å². The highest BCUT2D eigenvalue weighted by Crippen LogP contribution is 2.33. The van der Waals surface area contributed by atoms with Crippen molar-refractivity contribution in [1.82, 2.24) is 15.0 Å². The molecule has 7 heteroatoms. The number of aromatic nitrogens is 3. The Morgan fingerprint density at radius 3 is 2.37 bits per heavy atom. The predicted molar refractivity (Wildman–Crippen MR) is 99.3 cm³/mol. The van der Waals surface area contributed by atoms with Crippen LogP contribution in [-0.2, 0) is 0 Å². The predicted octanol–water partition coefficient (Wildman–Crippen LogP) is 4.85. The van der Waals surface area contributed by atoms with E-state index < -0.39 is 4.92 Å². The molecule has 0 saturated carbocycles. The van der Waals surface area contributed by atoms with E-state index in [0.717, 1.165) is 16.8 Å². The number of imidazole rings is 1. The van der Waals surface area contributed by atoms with E-state index in [1.54, 1.807) is 36.7 Å². The first kappa shape index (κ1) is 16.6. The van der Waals surface area contributed by atoms with Gasteiger partial charge in [0.25, 0.3) is 5.69 Å². The van der Waals surface area contributed by atoms with Crippen LogP contribution in [0.15, 0.2) is 73.1 Å². The van der Waals surface area contributed by atoms with Crippen molar-refractivity contribution in [2.45, 2.75) is 0 Å². The molecule has 27 heavy (non-hydrogen) atoms. The first-order valence-corrected chi connectivity index (χ1v) is 8.13. The van der Waals surface area contributed by atoms with Crippen molar-refractivity contribution in [2.24, 2.45) is 0 Å². The van der Waals surface area contributed by atoms with Crippen LogP contribution < -0.4 is 0 Å². The van der Waals surface area contributed by atoms with Crippen molar-refractivity contribution in [3.05, 3.63) is 89.0 Å². The molecular formula is C20H13FN4O2. The van der Waals surface area contributed by atoms with Gasteiger partial charge in [0.15, 0.2) is 0 Å². The van der Waals surface area contributed by atoms with E-state index in [9.17, 15) is 14.5 Å². The number of halogens is 1. The highest BCUT2D eigenvalue weighted by Gasteiger charge is 2.17. The Balaban J connectivity index is 1.89. The Labute approximate surface area is 153 Å². The molecule has 0 atom stereocenters. The van der Waals surface area contributed by atoms with Crippen molar-refractivity contribution in [2.75, 3.05) is 0 Å². The molecule has 0 bridgehead atoms. The molecule has 0 fully saturated rings. The maximum atomic E-state index is 13.3. The molecule has 4 aromatic rings. The molecule has 2 aromatic heterocycles. The number of aromatic amines is 1. The lowest BCUT2D eigenvalue weighted by atomic mass is 10.1. The Bertz CT molecular complexity index is 1110. The van der Waals surface area contributed by atoms with Crippen molar-refractivity contribution < 1.29 is 9.31 Å². The largest absolute Gasteiger partial charge is 0.337 e. The van der Waals surface area contributed by atoms with Crippen LogP contribution in [0.25, 0.3) is 33.9 Å². The quantitative estimate of drug-likeness (QED) is 0.416. The number of nitrogens with zero attached hydrogens (tertiary/aromatic N) is 3. The first-order chi connectivity index (χ1) is 13.1. The molecule has 0 saturated heterocycles. The Hall–Kier alpha value is -3.87. The van der Waals surface area contributed by atoms with Gasteiger partial charge in [-0.1, -0.05) is 12.1 Å². The van der Waals surface area contributed by atoms with E-state index in [1.807, 2.05) is 12.1 Å². The van der Waals surface area contributed by atoms with E-state index in [0.29, 0.717) is 17.1 Å². The molecule has 0 aliphatic rings. The third-order valence-electron chi connectivity index (χ3n) is 4.12. The van der Waals surface area contributed by atoms with Gasteiger partial charge in [-0.3, -0.25) is 15.1 Å². The van der Waals surface area contributed by atoms with Crippen molar-refractivity contribution in [3.8, 4) is 33.9 Å². The zero-order chi connectivity index (χ0) is 18.8. The van der Waals surface area contributed by atoms with Gasteiger partial charge in [0, 0.05) is 41.2 Å². The minimum Gasteiger partial charge on any atom is -0.337 e. The van der Waals surface area contributed by atoms with Gasteiger partial charge in [0.05, 0.1) is 16.3 Å². The summed E-state index contributed by atoms with van der Waals surface area (Å²) < 4.78 is 13.3. The Morgan fingerprint density at radius 1 is 0.926 bits per heavy atom. The van der Waals surface area contributed by atoms with Gasteiger partial charge < -0.3 is 4.98 Å². The molecule has 0 aliphatic carbocycles. The second-order valence-corrected chi connectivity index (χ2v) is 5.86. The van der Waals surface area contributed by atoms with E-state index in [1.165, 1.54) is 24.3 Å². The molecule has 4 rings (SSSR count). The van der Waals surface area contributed by atoms with Crippen LogP contribution in [-0.4, -0.2) is 19.9 Å². The maximum Gasteiger partial charge on any atom is 0.270 e. The first-order valence-electron chi connectivity index (χ1n) is 8.13. The summed E-state index contributed by atoms with van der Waals surface area (Å²) in [6.07, 6.45) is 3.33. The lowest BCUT2D eigenvalue weighted by Gasteiger charge is -2.02. The van der Waals surface area contributed by atoms with Crippen LogP contribution in [0, 0.1) is 15.9 Å². The number of non-ortho nitro benzene ring substituents is 1. The molecule has 6 nitrogen and oxygen atoms in total. The molecule has 0 spiro atoms. The lowest BCUT2D eigenvalue weighted by molar-refractivity contribution is -0.384. The number of nitro benzene ring substituents is 1. The van der Waals surface area contributed by atoms with E-state index in [4.69, 9.17) is 0 Å². The summed E-state index contributed by atoms with van der Waals surface area (Å²) >= 11 is 0. The highest BCUT2D eigenvalue weighted by molar-refractivity contribution is 5.81. The Kier molecular flexibility index (Phi) is 4.18. The van der Waals surface area contributed by atoms with Gasteiger partial charge in [0.1, 0.15) is 11.6 Å². The number of rotatable bonds is 4. The van der Waals surface area contributed by atoms with E-state index >= 15 is 0 Å². The minimum absolute atomic E-state index is 0.0160. The summed E-state index contributed by atoms with van der Waals surface area (Å²) in [5, 5.41) is 11.1. The van der Waals surface area contributed by atoms with Crippen molar-refractivity contribution in [3.63, 3.8) is 0 Å². The second-order valence-electron chi connectivity index (χ2n) is 5.86. The van der Waals surface area contributed by atoms with Crippen LogP contribution in [0.4, 0.5) is 10.1 Å². The molecule has 0 amide bonds. The smallest absolute Gasteiger partial charge is 0.270 e. The average Bonchev–Trinajstić information content (AvgIpc) is 3.15. The highest BCUT2D eigenvalue weighted by atomic mass is 19.1. The van der Waals surface area contributed by atoms with Crippen molar-refractivity contribution >= 4 is 5.69 Å².